The van der Waals surface area contributed by atoms with Crippen LogP contribution in [-0.2, 0) is 6.54 Å². The van der Waals surface area contributed by atoms with Gasteiger partial charge >= 0.3 is 0 Å². The van der Waals surface area contributed by atoms with Crippen LogP contribution in [0.2, 0.25) is 15.1 Å². The normalized spacial score (nSPS) is 10.6. The molecule has 0 atom stereocenters. The molecule has 0 saturated carbocycles. The number of amides is 1. The number of nitrogens with zero attached hydrogens (tertiary/aromatic N) is 3. The van der Waals surface area contributed by atoms with Gasteiger partial charge in [0.1, 0.15) is 5.56 Å². The van der Waals surface area contributed by atoms with Crippen LogP contribution in [0, 0.1) is 10.1 Å². The van der Waals surface area contributed by atoms with Gasteiger partial charge in [-0.25, -0.2) is 0 Å². The summed E-state index contributed by atoms with van der Waals surface area (Å²) in [7, 11) is 0. The van der Waals surface area contributed by atoms with Gasteiger partial charge < -0.3 is 5.32 Å². The first-order chi connectivity index (χ1) is 12.8. The molecule has 1 amide bonds. The molecule has 0 unspecified atom stereocenters. The number of rotatable bonds is 5. The third-order valence-electron chi connectivity index (χ3n) is 3.67. The Kier molecular flexibility index (Phi) is 5.65. The number of carbonyl (C=O) groups excluding carboxylic acids is 1. The van der Waals surface area contributed by atoms with Crippen LogP contribution in [0.15, 0.2) is 48.8 Å². The minimum atomic E-state index is -0.663. The second kappa shape index (κ2) is 7.96. The molecule has 1 aromatic heterocycles. The van der Waals surface area contributed by atoms with E-state index in [1.165, 1.54) is 18.3 Å². The second-order valence-electron chi connectivity index (χ2n) is 5.50. The summed E-state index contributed by atoms with van der Waals surface area (Å²) in [5, 5.41) is 19.0. The third-order valence-corrected chi connectivity index (χ3v) is 4.62. The summed E-state index contributed by atoms with van der Waals surface area (Å²) in [5.74, 6) is -0.645. The van der Waals surface area contributed by atoms with Crippen molar-refractivity contribution >= 4 is 52.1 Å². The molecule has 3 rings (SSSR count). The zero-order valence-electron chi connectivity index (χ0n) is 13.5. The van der Waals surface area contributed by atoms with Crippen molar-refractivity contribution in [2.24, 2.45) is 0 Å². The molecule has 10 heteroatoms. The lowest BCUT2D eigenvalue weighted by molar-refractivity contribution is -0.385. The molecule has 27 heavy (non-hydrogen) atoms. The maximum absolute atomic E-state index is 12.4. The Morgan fingerprint density at radius 2 is 1.89 bits per heavy atom. The Morgan fingerprint density at radius 1 is 1.19 bits per heavy atom. The van der Waals surface area contributed by atoms with Crippen molar-refractivity contribution < 1.29 is 9.72 Å². The maximum atomic E-state index is 12.4. The minimum absolute atomic E-state index is 0.105. The van der Waals surface area contributed by atoms with Crippen molar-refractivity contribution in [1.29, 1.82) is 0 Å². The van der Waals surface area contributed by atoms with E-state index in [9.17, 15) is 14.9 Å². The van der Waals surface area contributed by atoms with E-state index in [1.54, 1.807) is 29.1 Å². The number of anilines is 1. The molecule has 0 spiro atoms. The molecule has 0 fully saturated rings. The molecule has 2 aromatic carbocycles. The number of hydrogen-bond acceptors (Lipinski definition) is 4. The standard InChI is InChI=1S/C17H11Cl3N4O3/c18-10-4-5-12(16(6-10)24(26)27)17(25)22-11-7-21-23(8-11)9-13-14(19)2-1-3-15(13)20/h1-8H,9H2,(H,22,25). The Hall–Kier alpha value is -2.61. The third kappa shape index (κ3) is 4.39. The molecule has 0 aliphatic heterocycles. The summed E-state index contributed by atoms with van der Waals surface area (Å²) in [6, 6.07) is 9.00. The molecule has 0 radical (unpaired) electrons. The van der Waals surface area contributed by atoms with E-state index in [2.05, 4.69) is 10.4 Å². The van der Waals surface area contributed by atoms with Crippen molar-refractivity contribution in [1.82, 2.24) is 9.78 Å². The monoisotopic (exact) mass is 424 g/mol. The Labute approximate surface area is 168 Å². The topological polar surface area (TPSA) is 90.1 Å². The van der Waals surface area contributed by atoms with E-state index in [1.807, 2.05) is 0 Å². The van der Waals surface area contributed by atoms with Gasteiger partial charge in [0.05, 0.1) is 23.4 Å². The minimum Gasteiger partial charge on any atom is -0.319 e. The molecule has 138 valence electrons. The first-order valence-corrected chi connectivity index (χ1v) is 8.69. The van der Waals surface area contributed by atoms with E-state index < -0.39 is 10.8 Å². The van der Waals surface area contributed by atoms with E-state index in [-0.39, 0.29) is 16.3 Å². The summed E-state index contributed by atoms with van der Waals surface area (Å²) in [5.41, 5.74) is 0.573. The summed E-state index contributed by atoms with van der Waals surface area (Å²) >= 11 is 18.0. The molecule has 0 aliphatic rings. The lowest BCUT2D eigenvalue weighted by atomic mass is 10.1. The number of benzene rings is 2. The van der Waals surface area contributed by atoms with Crippen molar-refractivity contribution in [3.8, 4) is 0 Å². The predicted molar refractivity (Wildman–Crippen MR) is 104 cm³/mol. The van der Waals surface area contributed by atoms with Crippen LogP contribution in [0.3, 0.4) is 0 Å². The maximum Gasteiger partial charge on any atom is 0.283 e. The van der Waals surface area contributed by atoms with E-state index in [0.717, 1.165) is 6.07 Å². The molecular formula is C17H11Cl3N4O3. The van der Waals surface area contributed by atoms with E-state index >= 15 is 0 Å². The second-order valence-corrected chi connectivity index (χ2v) is 6.75. The van der Waals surface area contributed by atoms with Crippen molar-refractivity contribution in [2.45, 2.75) is 6.54 Å². The van der Waals surface area contributed by atoms with Gasteiger partial charge in [-0.3, -0.25) is 19.6 Å². The van der Waals surface area contributed by atoms with Gasteiger partial charge in [0.25, 0.3) is 11.6 Å². The van der Waals surface area contributed by atoms with Gasteiger partial charge in [-0.15, -0.1) is 0 Å². The first kappa shape index (κ1) is 19.2. The molecule has 0 aliphatic carbocycles. The van der Waals surface area contributed by atoms with Crippen LogP contribution < -0.4 is 5.32 Å². The Bertz CT molecular complexity index is 1020. The molecule has 1 heterocycles. The quantitative estimate of drug-likeness (QED) is 0.457. The molecule has 0 bridgehead atoms. The van der Waals surface area contributed by atoms with Crippen LogP contribution in [0.5, 0.6) is 0 Å². The summed E-state index contributed by atoms with van der Waals surface area (Å²) in [6.07, 6.45) is 2.99. The lowest BCUT2D eigenvalue weighted by Crippen LogP contribution is -2.13. The van der Waals surface area contributed by atoms with Gasteiger partial charge in [0.2, 0.25) is 0 Å². The number of aromatic nitrogens is 2. The fraction of sp³-hybridized carbons (Fsp3) is 0.0588. The van der Waals surface area contributed by atoms with Gasteiger partial charge in [-0.2, -0.15) is 5.10 Å². The Balaban J connectivity index is 1.78. The largest absolute Gasteiger partial charge is 0.319 e. The molecular weight excluding hydrogens is 415 g/mol. The highest BCUT2D eigenvalue weighted by Crippen LogP contribution is 2.26. The number of nitro groups is 1. The van der Waals surface area contributed by atoms with Crippen molar-refractivity contribution in [3.63, 3.8) is 0 Å². The van der Waals surface area contributed by atoms with E-state index in [0.29, 0.717) is 27.8 Å². The van der Waals surface area contributed by atoms with Crippen molar-refractivity contribution in [2.75, 3.05) is 5.32 Å². The SMILES string of the molecule is O=C(Nc1cnn(Cc2c(Cl)cccc2Cl)c1)c1ccc(Cl)cc1[N+](=O)[O-]. The van der Waals surface area contributed by atoms with Crippen LogP contribution in [0.25, 0.3) is 0 Å². The molecule has 1 N–H and O–H groups in total. The van der Waals surface area contributed by atoms with Gasteiger partial charge in [0.15, 0.2) is 0 Å². The molecule has 7 nitrogen and oxygen atoms in total. The predicted octanol–water partition coefficient (Wildman–Crippen LogP) is 5.05. The average molecular weight is 426 g/mol. The lowest BCUT2D eigenvalue weighted by Gasteiger charge is -2.07. The Morgan fingerprint density at radius 3 is 2.56 bits per heavy atom. The van der Waals surface area contributed by atoms with Gasteiger partial charge in [-0.1, -0.05) is 40.9 Å². The highest BCUT2D eigenvalue weighted by molar-refractivity contribution is 6.36. The van der Waals surface area contributed by atoms with Crippen LogP contribution >= 0.6 is 34.8 Å². The zero-order chi connectivity index (χ0) is 19.6. The average Bonchev–Trinajstić information content (AvgIpc) is 3.05. The fourth-order valence-corrected chi connectivity index (χ4v) is 3.09. The van der Waals surface area contributed by atoms with Crippen LogP contribution in [0.1, 0.15) is 15.9 Å². The van der Waals surface area contributed by atoms with Crippen LogP contribution in [0.4, 0.5) is 11.4 Å². The number of nitro benzene ring substituents is 1. The van der Waals surface area contributed by atoms with Crippen LogP contribution in [-0.4, -0.2) is 20.6 Å². The highest BCUT2D eigenvalue weighted by Gasteiger charge is 2.21. The summed E-state index contributed by atoms with van der Waals surface area (Å²) in [6.45, 7) is 0.301. The van der Waals surface area contributed by atoms with Gasteiger partial charge in [-0.05, 0) is 24.3 Å². The smallest absolute Gasteiger partial charge is 0.283 e. The number of carbonyl (C=O) groups is 1. The fourth-order valence-electron chi connectivity index (χ4n) is 2.41. The number of hydrogen-bond donors (Lipinski definition) is 1. The molecule has 3 aromatic rings. The summed E-state index contributed by atoms with van der Waals surface area (Å²) in [4.78, 5) is 22.9. The van der Waals surface area contributed by atoms with E-state index in [4.69, 9.17) is 34.8 Å². The highest BCUT2D eigenvalue weighted by atomic mass is 35.5. The summed E-state index contributed by atoms with van der Waals surface area (Å²) < 4.78 is 1.54. The number of halogens is 3. The molecule has 0 saturated heterocycles. The first-order valence-electron chi connectivity index (χ1n) is 7.56. The number of nitrogens with one attached hydrogen (secondary N) is 1. The van der Waals surface area contributed by atoms with Gasteiger partial charge in [0, 0.05) is 32.9 Å². The zero-order valence-corrected chi connectivity index (χ0v) is 15.8. The van der Waals surface area contributed by atoms with Crippen molar-refractivity contribution in [3.05, 3.63) is 85.1 Å².